The van der Waals surface area contributed by atoms with Crippen LogP contribution in [-0.4, -0.2) is 25.0 Å². The van der Waals surface area contributed by atoms with E-state index in [9.17, 15) is 23.6 Å². The Labute approximate surface area is 134 Å². The Balaban J connectivity index is 2.49. The van der Waals surface area contributed by atoms with Gasteiger partial charge in [0, 0.05) is 18.2 Å². The summed E-state index contributed by atoms with van der Waals surface area (Å²) in [7, 11) is -3.85. The molecule has 0 atom stereocenters. The Kier molecular flexibility index (Phi) is 4.55. The summed E-state index contributed by atoms with van der Waals surface area (Å²) in [6, 6.07) is 9.49. The van der Waals surface area contributed by atoms with Crippen LogP contribution in [0.15, 0.2) is 47.4 Å². The van der Waals surface area contributed by atoms with Crippen molar-refractivity contribution in [2.24, 2.45) is 0 Å². The van der Waals surface area contributed by atoms with E-state index in [0.29, 0.717) is 5.69 Å². The van der Waals surface area contributed by atoms with Gasteiger partial charge < -0.3 is 5.11 Å². The lowest BCUT2D eigenvalue weighted by atomic mass is 10.2. The molecule has 2 aromatic carbocycles. The molecule has 0 fully saturated rings. The minimum absolute atomic E-state index is 0.0180. The lowest BCUT2D eigenvalue weighted by molar-refractivity contribution is -0.385. The molecule has 2 aromatic rings. The fourth-order valence-electron chi connectivity index (χ4n) is 2.23. The van der Waals surface area contributed by atoms with Crippen molar-refractivity contribution in [3.8, 4) is 5.75 Å². The van der Waals surface area contributed by atoms with E-state index < -0.39 is 14.9 Å². The van der Waals surface area contributed by atoms with Gasteiger partial charge in [-0.05, 0) is 50.2 Å². The number of nitro groups is 1. The van der Waals surface area contributed by atoms with Crippen LogP contribution in [0.2, 0.25) is 0 Å². The second kappa shape index (κ2) is 6.25. The van der Waals surface area contributed by atoms with E-state index in [1.165, 1.54) is 53.7 Å². The second-order valence-electron chi connectivity index (χ2n) is 4.89. The molecule has 2 rings (SSSR count). The third kappa shape index (κ3) is 3.26. The van der Waals surface area contributed by atoms with Gasteiger partial charge in [-0.25, -0.2) is 8.42 Å². The van der Waals surface area contributed by atoms with E-state index in [4.69, 9.17) is 0 Å². The number of nitrogens with zero attached hydrogens (tertiary/aromatic N) is 2. The molecule has 0 amide bonds. The van der Waals surface area contributed by atoms with Gasteiger partial charge in [0.2, 0.25) is 0 Å². The Hall–Kier alpha value is -2.61. The first-order chi connectivity index (χ1) is 10.8. The lowest BCUT2D eigenvalue weighted by Gasteiger charge is -2.23. The van der Waals surface area contributed by atoms with Crippen LogP contribution in [-0.2, 0) is 10.0 Å². The summed E-state index contributed by atoms with van der Waals surface area (Å²) in [5.41, 5.74) is 0.552. The molecule has 0 aliphatic rings. The zero-order valence-corrected chi connectivity index (χ0v) is 13.4. The van der Waals surface area contributed by atoms with Crippen molar-refractivity contribution in [3.05, 3.63) is 58.1 Å². The third-order valence-electron chi connectivity index (χ3n) is 3.38. The number of hydrogen-bond donors (Lipinski definition) is 1. The van der Waals surface area contributed by atoms with Gasteiger partial charge in [0.15, 0.2) is 0 Å². The maximum atomic E-state index is 12.8. The standard InChI is InChI=1S/C15H16N2O5S/c1-3-16(12-4-6-13(18)7-5-12)23(21,22)14-8-9-15(17(19)20)11(2)10-14/h4-10,18H,3H2,1-2H3. The predicted molar refractivity (Wildman–Crippen MR) is 86.1 cm³/mol. The molecule has 0 unspecified atom stereocenters. The van der Waals surface area contributed by atoms with E-state index in [-0.39, 0.29) is 28.4 Å². The fraction of sp³-hybridized carbons (Fsp3) is 0.200. The zero-order valence-electron chi connectivity index (χ0n) is 12.6. The summed E-state index contributed by atoms with van der Waals surface area (Å²) in [5, 5.41) is 20.2. The van der Waals surface area contributed by atoms with Crippen molar-refractivity contribution in [2.75, 3.05) is 10.8 Å². The van der Waals surface area contributed by atoms with Gasteiger partial charge in [-0.2, -0.15) is 0 Å². The maximum absolute atomic E-state index is 12.8. The number of anilines is 1. The monoisotopic (exact) mass is 336 g/mol. The molecule has 1 N–H and O–H groups in total. The van der Waals surface area contributed by atoms with Gasteiger partial charge in [-0.3, -0.25) is 14.4 Å². The highest BCUT2D eigenvalue weighted by Crippen LogP contribution is 2.28. The van der Waals surface area contributed by atoms with Crippen molar-refractivity contribution in [3.63, 3.8) is 0 Å². The Morgan fingerprint density at radius 1 is 1.17 bits per heavy atom. The number of benzene rings is 2. The van der Waals surface area contributed by atoms with Crippen molar-refractivity contribution in [1.82, 2.24) is 0 Å². The van der Waals surface area contributed by atoms with Gasteiger partial charge in [0.1, 0.15) is 5.75 Å². The zero-order chi connectivity index (χ0) is 17.2. The number of aromatic hydroxyl groups is 1. The first kappa shape index (κ1) is 16.8. The SMILES string of the molecule is CCN(c1ccc(O)cc1)S(=O)(=O)c1ccc([N+](=O)[O-])c(C)c1. The molecule has 0 aliphatic heterocycles. The minimum atomic E-state index is -3.85. The molecule has 0 aromatic heterocycles. The molecule has 0 heterocycles. The number of hydrogen-bond acceptors (Lipinski definition) is 5. The van der Waals surface area contributed by atoms with E-state index >= 15 is 0 Å². The Morgan fingerprint density at radius 3 is 2.26 bits per heavy atom. The van der Waals surface area contributed by atoms with Gasteiger partial charge in [0.05, 0.1) is 15.5 Å². The molecular weight excluding hydrogens is 320 g/mol. The van der Waals surface area contributed by atoms with Crippen LogP contribution in [0, 0.1) is 17.0 Å². The first-order valence-corrected chi connectivity index (χ1v) is 8.28. The average Bonchev–Trinajstić information content (AvgIpc) is 2.49. The molecule has 0 bridgehead atoms. The van der Waals surface area contributed by atoms with Crippen LogP contribution < -0.4 is 4.31 Å². The molecule has 8 heteroatoms. The predicted octanol–water partition coefficient (Wildman–Crippen LogP) is 2.82. The normalized spacial score (nSPS) is 11.2. The lowest BCUT2D eigenvalue weighted by Crippen LogP contribution is -2.30. The van der Waals surface area contributed by atoms with Crippen LogP contribution >= 0.6 is 0 Å². The molecule has 122 valence electrons. The summed E-state index contributed by atoms with van der Waals surface area (Å²) >= 11 is 0. The Morgan fingerprint density at radius 2 is 1.78 bits per heavy atom. The van der Waals surface area contributed by atoms with Crippen LogP contribution in [0.25, 0.3) is 0 Å². The molecular formula is C15H16N2O5S. The van der Waals surface area contributed by atoms with Gasteiger partial charge in [-0.15, -0.1) is 0 Å². The Bertz CT molecular complexity index is 831. The number of aryl methyl sites for hydroxylation is 1. The highest BCUT2D eigenvalue weighted by atomic mass is 32.2. The molecule has 7 nitrogen and oxygen atoms in total. The van der Waals surface area contributed by atoms with Crippen molar-refractivity contribution >= 4 is 21.4 Å². The number of sulfonamides is 1. The highest BCUT2D eigenvalue weighted by molar-refractivity contribution is 7.92. The van der Waals surface area contributed by atoms with E-state index in [1.807, 2.05) is 0 Å². The van der Waals surface area contributed by atoms with Gasteiger partial charge >= 0.3 is 0 Å². The fourth-order valence-corrected chi connectivity index (χ4v) is 3.79. The van der Waals surface area contributed by atoms with Crippen molar-refractivity contribution in [1.29, 1.82) is 0 Å². The number of rotatable bonds is 5. The van der Waals surface area contributed by atoms with Gasteiger partial charge in [-0.1, -0.05) is 0 Å². The summed E-state index contributed by atoms with van der Waals surface area (Å²) in [6.45, 7) is 3.36. The largest absolute Gasteiger partial charge is 0.508 e. The summed E-state index contributed by atoms with van der Waals surface area (Å²) in [4.78, 5) is 10.3. The topological polar surface area (TPSA) is 101 Å². The summed E-state index contributed by atoms with van der Waals surface area (Å²) in [5.74, 6) is 0.0355. The molecule has 0 saturated carbocycles. The molecule has 0 aliphatic carbocycles. The minimum Gasteiger partial charge on any atom is -0.508 e. The number of phenols is 1. The molecule has 0 saturated heterocycles. The quantitative estimate of drug-likeness (QED) is 0.668. The van der Waals surface area contributed by atoms with Crippen LogP contribution in [0.4, 0.5) is 11.4 Å². The van der Waals surface area contributed by atoms with Crippen LogP contribution in [0.1, 0.15) is 12.5 Å². The van der Waals surface area contributed by atoms with Gasteiger partial charge in [0.25, 0.3) is 15.7 Å². The van der Waals surface area contributed by atoms with E-state index in [0.717, 1.165) is 0 Å². The third-order valence-corrected chi connectivity index (χ3v) is 5.28. The molecule has 0 spiro atoms. The summed E-state index contributed by atoms with van der Waals surface area (Å²) in [6.07, 6.45) is 0. The number of phenolic OH excluding ortho intramolecular Hbond substituents is 1. The second-order valence-corrected chi connectivity index (χ2v) is 6.75. The highest BCUT2D eigenvalue weighted by Gasteiger charge is 2.25. The number of nitro benzene ring substituents is 1. The molecule has 0 radical (unpaired) electrons. The average molecular weight is 336 g/mol. The van der Waals surface area contributed by atoms with E-state index in [2.05, 4.69) is 0 Å². The van der Waals surface area contributed by atoms with Crippen LogP contribution in [0.5, 0.6) is 5.75 Å². The molecule has 23 heavy (non-hydrogen) atoms. The smallest absolute Gasteiger partial charge is 0.272 e. The maximum Gasteiger partial charge on any atom is 0.272 e. The van der Waals surface area contributed by atoms with E-state index in [1.54, 1.807) is 6.92 Å². The van der Waals surface area contributed by atoms with Crippen molar-refractivity contribution in [2.45, 2.75) is 18.7 Å². The first-order valence-electron chi connectivity index (χ1n) is 6.84. The van der Waals surface area contributed by atoms with Crippen LogP contribution in [0.3, 0.4) is 0 Å². The summed E-state index contributed by atoms with van der Waals surface area (Å²) < 4.78 is 26.7. The van der Waals surface area contributed by atoms with Crippen molar-refractivity contribution < 1.29 is 18.4 Å².